The second kappa shape index (κ2) is 8.96. The molecule has 1 N–H and O–H groups in total. The normalized spacial score (nSPS) is 17.2. The lowest BCUT2D eigenvalue weighted by Crippen LogP contribution is -2.43. The van der Waals surface area contributed by atoms with E-state index in [4.69, 9.17) is 9.97 Å². The molecule has 2 aliphatic rings. The molecule has 1 aliphatic carbocycles. The third kappa shape index (κ3) is 4.52. The lowest BCUT2D eigenvalue weighted by atomic mass is 10.1. The largest absolute Gasteiger partial charge is 0.367 e. The number of benzene rings is 1. The Bertz CT molecular complexity index is 1180. The van der Waals surface area contributed by atoms with E-state index in [2.05, 4.69) is 10.3 Å². The van der Waals surface area contributed by atoms with Gasteiger partial charge in [-0.1, -0.05) is 30.3 Å². The summed E-state index contributed by atoms with van der Waals surface area (Å²) in [6.07, 6.45) is 8.08. The standard InChI is InChI=1S/C24H27N5O2S/c30-32(31,17-18-5-2-1-3-6-18)29-15-11-20(12-16-29)26-24-21-7-4-8-22(21)27-23(28-24)19-9-13-25-14-10-19/h1-3,5-6,9-10,13-14,20H,4,7-8,11-12,15-17H2,(H,26,27,28). The van der Waals surface area contributed by atoms with Crippen molar-refractivity contribution in [3.8, 4) is 11.4 Å². The first-order valence-corrected chi connectivity index (χ1v) is 12.8. The summed E-state index contributed by atoms with van der Waals surface area (Å²) < 4.78 is 27.3. The van der Waals surface area contributed by atoms with Gasteiger partial charge in [-0.15, -0.1) is 0 Å². The van der Waals surface area contributed by atoms with Crippen molar-refractivity contribution in [3.63, 3.8) is 0 Å². The number of nitrogens with zero attached hydrogens (tertiary/aromatic N) is 4. The predicted molar refractivity (Wildman–Crippen MR) is 125 cm³/mol. The highest BCUT2D eigenvalue weighted by Gasteiger charge is 2.29. The van der Waals surface area contributed by atoms with Crippen LogP contribution in [0.3, 0.4) is 0 Å². The van der Waals surface area contributed by atoms with Crippen LogP contribution >= 0.6 is 0 Å². The number of hydrogen-bond donors (Lipinski definition) is 1. The second-order valence-corrected chi connectivity index (χ2v) is 10.4. The fraction of sp³-hybridized carbons (Fsp3) is 0.375. The van der Waals surface area contributed by atoms with E-state index in [0.717, 1.165) is 60.6 Å². The van der Waals surface area contributed by atoms with Gasteiger partial charge in [-0.05, 0) is 49.8 Å². The van der Waals surface area contributed by atoms with E-state index in [0.29, 0.717) is 13.1 Å². The molecule has 0 unspecified atom stereocenters. The zero-order chi connectivity index (χ0) is 22.0. The molecule has 1 aliphatic heterocycles. The van der Waals surface area contributed by atoms with Crippen LogP contribution < -0.4 is 5.32 Å². The number of pyridine rings is 1. The highest BCUT2D eigenvalue weighted by atomic mass is 32.2. The Morgan fingerprint density at radius 2 is 1.72 bits per heavy atom. The molecule has 5 rings (SSSR count). The molecule has 3 aromatic rings. The van der Waals surface area contributed by atoms with Crippen molar-refractivity contribution >= 4 is 15.8 Å². The summed E-state index contributed by atoms with van der Waals surface area (Å²) in [5, 5.41) is 3.62. The molecule has 0 radical (unpaired) electrons. The molecule has 1 aromatic carbocycles. The molecule has 1 saturated heterocycles. The lowest BCUT2D eigenvalue weighted by Gasteiger charge is -2.32. The van der Waals surface area contributed by atoms with Gasteiger partial charge in [-0.25, -0.2) is 22.7 Å². The van der Waals surface area contributed by atoms with Gasteiger partial charge in [-0.2, -0.15) is 0 Å². The van der Waals surface area contributed by atoms with Gasteiger partial charge in [0, 0.05) is 48.3 Å². The number of piperidine rings is 1. The second-order valence-electron chi connectivity index (χ2n) is 8.47. The van der Waals surface area contributed by atoms with Crippen molar-refractivity contribution in [1.29, 1.82) is 0 Å². The zero-order valence-corrected chi connectivity index (χ0v) is 18.8. The number of fused-ring (bicyclic) bond motifs is 1. The zero-order valence-electron chi connectivity index (χ0n) is 17.9. The Morgan fingerprint density at radius 3 is 2.47 bits per heavy atom. The Hall–Kier alpha value is -2.84. The van der Waals surface area contributed by atoms with Crippen molar-refractivity contribution in [2.75, 3.05) is 18.4 Å². The first-order valence-electron chi connectivity index (χ1n) is 11.2. The minimum absolute atomic E-state index is 0.0562. The lowest BCUT2D eigenvalue weighted by molar-refractivity contribution is 0.329. The van der Waals surface area contributed by atoms with Crippen molar-refractivity contribution in [2.24, 2.45) is 0 Å². The molecule has 3 heterocycles. The number of sulfonamides is 1. The summed E-state index contributed by atoms with van der Waals surface area (Å²) in [6.45, 7) is 1.05. The van der Waals surface area contributed by atoms with Crippen LogP contribution in [0, 0.1) is 0 Å². The molecule has 166 valence electrons. The maximum atomic E-state index is 12.9. The van der Waals surface area contributed by atoms with Gasteiger partial charge in [0.2, 0.25) is 10.0 Å². The molecule has 0 saturated carbocycles. The summed E-state index contributed by atoms with van der Waals surface area (Å²) in [6, 6.07) is 13.4. The van der Waals surface area contributed by atoms with Crippen LogP contribution in [-0.2, 0) is 28.6 Å². The molecule has 0 atom stereocenters. The topological polar surface area (TPSA) is 88.1 Å². The third-order valence-corrected chi connectivity index (χ3v) is 8.10. The number of aryl methyl sites for hydroxylation is 1. The molecule has 32 heavy (non-hydrogen) atoms. The minimum Gasteiger partial charge on any atom is -0.367 e. The van der Waals surface area contributed by atoms with Crippen molar-refractivity contribution in [1.82, 2.24) is 19.3 Å². The third-order valence-electron chi connectivity index (χ3n) is 6.25. The number of rotatable bonds is 6. The molecule has 8 heteroatoms. The van der Waals surface area contributed by atoms with E-state index in [-0.39, 0.29) is 11.8 Å². The fourth-order valence-corrected chi connectivity index (χ4v) is 6.09. The van der Waals surface area contributed by atoms with Gasteiger partial charge in [0.25, 0.3) is 0 Å². The molecule has 0 amide bonds. The van der Waals surface area contributed by atoms with Gasteiger partial charge >= 0.3 is 0 Å². The van der Waals surface area contributed by atoms with Crippen molar-refractivity contribution in [3.05, 3.63) is 71.7 Å². The fourth-order valence-electron chi connectivity index (χ4n) is 4.53. The maximum absolute atomic E-state index is 12.9. The van der Waals surface area contributed by atoms with E-state index in [1.807, 2.05) is 42.5 Å². The Kier molecular flexibility index (Phi) is 5.89. The number of aromatic nitrogens is 3. The molecular formula is C24H27N5O2S. The minimum atomic E-state index is -3.31. The van der Waals surface area contributed by atoms with E-state index >= 15 is 0 Å². The number of hydrogen-bond acceptors (Lipinski definition) is 6. The molecule has 7 nitrogen and oxygen atoms in total. The van der Waals surface area contributed by atoms with Crippen LogP contribution in [0.4, 0.5) is 5.82 Å². The average Bonchev–Trinajstić information content (AvgIpc) is 3.30. The highest BCUT2D eigenvalue weighted by molar-refractivity contribution is 7.88. The first-order chi connectivity index (χ1) is 15.6. The van der Waals surface area contributed by atoms with Crippen LogP contribution in [0.2, 0.25) is 0 Å². The summed E-state index contributed by atoms with van der Waals surface area (Å²) >= 11 is 0. The number of nitrogens with one attached hydrogen (secondary N) is 1. The monoisotopic (exact) mass is 449 g/mol. The van der Waals surface area contributed by atoms with Gasteiger partial charge in [-0.3, -0.25) is 4.98 Å². The Balaban J connectivity index is 1.28. The van der Waals surface area contributed by atoms with E-state index in [1.54, 1.807) is 16.7 Å². The van der Waals surface area contributed by atoms with Crippen LogP contribution in [0.15, 0.2) is 54.9 Å². The van der Waals surface area contributed by atoms with Gasteiger partial charge in [0.15, 0.2) is 5.82 Å². The van der Waals surface area contributed by atoms with Crippen molar-refractivity contribution < 1.29 is 8.42 Å². The molecule has 2 aromatic heterocycles. The average molecular weight is 450 g/mol. The molecular weight excluding hydrogens is 422 g/mol. The summed E-state index contributed by atoms with van der Waals surface area (Å²) in [4.78, 5) is 13.7. The maximum Gasteiger partial charge on any atom is 0.218 e. The van der Waals surface area contributed by atoms with Gasteiger partial charge < -0.3 is 5.32 Å². The van der Waals surface area contributed by atoms with Gasteiger partial charge in [0.1, 0.15) is 5.82 Å². The van der Waals surface area contributed by atoms with E-state index in [9.17, 15) is 8.42 Å². The van der Waals surface area contributed by atoms with Gasteiger partial charge in [0.05, 0.1) is 5.75 Å². The quantitative estimate of drug-likeness (QED) is 0.620. The summed E-state index contributed by atoms with van der Waals surface area (Å²) in [7, 11) is -3.31. The number of anilines is 1. The van der Waals surface area contributed by atoms with Crippen LogP contribution in [-0.4, -0.2) is 46.8 Å². The predicted octanol–water partition coefficient (Wildman–Crippen LogP) is 3.43. The Labute approximate surface area is 189 Å². The molecule has 0 bridgehead atoms. The van der Waals surface area contributed by atoms with Crippen LogP contribution in [0.25, 0.3) is 11.4 Å². The smallest absolute Gasteiger partial charge is 0.218 e. The van der Waals surface area contributed by atoms with Crippen molar-refractivity contribution in [2.45, 2.75) is 43.9 Å². The Morgan fingerprint density at radius 1 is 0.969 bits per heavy atom. The SMILES string of the molecule is O=S(=O)(Cc1ccccc1)N1CCC(Nc2nc(-c3ccncc3)nc3c2CCC3)CC1. The molecule has 1 fully saturated rings. The molecule has 0 spiro atoms. The van der Waals surface area contributed by atoms with E-state index < -0.39 is 10.0 Å². The van der Waals surface area contributed by atoms with Crippen LogP contribution in [0.5, 0.6) is 0 Å². The highest BCUT2D eigenvalue weighted by Crippen LogP contribution is 2.30. The van der Waals surface area contributed by atoms with E-state index in [1.165, 1.54) is 5.56 Å². The van der Waals surface area contributed by atoms with Crippen LogP contribution in [0.1, 0.15) is 36.1 Å². The summed E-state index contributed by atoms with van der Waals surface area (Å²) in [5.41, 5.74) is 4.12. The summed E-state index contributed by atoms with van der Waals surface area (Å²) in [5.74, 6) is 1.68. The first kappa shape index (κ1) is 21.0.